The molecule has 1 heterocycles. The first-order chi connectivity index (χ1) is 10.8. The van der Waals surface area contributed by atoms with Crippen LogP contribution in [0.2, 0.25) is 0 Å². The van der Waals surface area contributed by atoms with E-state index >= 15 is 0 Å². The smallest absolute Gasteiger partial charge is 0.328 e. The highest BCUT2D eigenvalue weighted by atomic mass is 19.1. The van der Waals surface area contributed by atoms with Crippen LogP contribution in [0.15, 0.2) is 23.0 Å². The zero-order valence-corrected chi connectivity index (χ0v) is 12.7. The van der Waals surface area contributed by atoms with Gasteiger partial charge in [0, 0.05) is 12.4 Å². The van der Waals surface area contributed by atoms with Crippen LogP contribution in [0.5, 0.6) is 5.75 Å². The zero-order chi connectivity index (χ0) is 17.3. The molecule has 1 atom stereocenters. The second-order valence-electron chi connectivity index (χ2n) is 4.97. The summed E-state index contributed by atoms with van der Waals surface area (Å²) in [6.07, 6.45) is 0. The van der Waals surface area contributed by atoms with Crippen molar-refractivity contribution in [1.82, 2.24) is 9.88 Å². The molecule has 0 radical (unpaired) electrons. The van der Waals surface area contributed by atoms with Crippen LogP contribution in [0.1, 0.15) is 17.3 Å². The van der Waals surface area contributed by atoms with Gasteiger partial charge in [0.25, 0.3) is 11.5 Å². The van der Waals surface area contributed by atoms with Gasteiger partial charge in [0.15, 0.2) is 0 Å². The zero-order valence-electron chi connectivity index (χ0n) is 12.7. The van der Waals surface area contributed by atoms with E-state index in [0.29, 0.717) is 0 Å². The van der Waals surface area contributed by atoms with Crippen molar-refractivity contribution in [3.63, 3.8) is 0 Å². The molecule has 0 fully saturated rings. The summed E-state index contributed by atoms with van der Waals surface area (Å²) in [5.41, 5.74) is -1.07. The molecule has 1 aromatic heterocycles. The van der Waals surface area contributed by atoms with Gasteiger partial charge >= 0.3 is 5.97 Å². The number of esters is 1. The number of aromatic hydroxyl groups is 1. The highest BCUT2D eigenvalue weighted by Crippen LogP contribution is 2.26. The number of hydrogen-bond donors (Lipinski definition) is 2. The summed E-state index contributed by atoms with van der Waals surface area (Å²) >= 11 is 0. The number of aryl methyl sites for hydroxylation is 1. The third-order valence-electron chi connectivity index (χ3n) is 3.46. The maximum absolute atomic E-state index is 13.4. The summed E-state index contributed by atoms with van der Waals surface area (Å²) in [5, 5.41) is 12.5. The predicted molar refractivity (Wildman–Crippen MR) is 79.8 cm³/mol. The van der Waals surface area contributed by atoms with Gasteiger partial charge in [0.1, 0.15) is 23.2 Å². The number of hydrogen-bond acceptors (Lipinski definition) is 5. The third-order valence-corrected chi connectivity index (χ3v) is 3.46. The summed E-state index contributed by atoms with van der Waals surface area (Å²) in [6, 6.07) is 2.47. The number of carbonyl (C=O) groups excluding carboxylic acids is 2. The first-order valence-corrected chi connectivity index (χ1v) is 6.67. The summed E-state index contributed by atoms with van der Waals surface area (Å²) < 4.78 is 19.0. The molecule has 8 heteroatoms. The average Bonchev–Trinajstić information content (AvgIpc) is 2.51. The number of fused-ring (bicyclic) bond motifs is 1. The monoisotopic (exact) mass is 322 g/mol. The lowest BCUT2D eigenvalue weighted by atomic mass is 10.1. The lowest BCUT2D eigenvalue weighted by Crippen LogP contribution is -2.41. The molecule has 1 unspecified atom stereocenters. The summed E-state index contributed by atoms with van der Waals surface area (Å²) in [7, 11) is 2.54. The Balaban J connectivity index is 2.59. The van der Waals surface area contributed by atoms with E-state index in [4.69, 9.17) is 0 Å². The van der Waals surface area contributed by atoms with Gasteiger partial charge in [-0.2, -0.15) is 0 Å². The predicted octanol–water partition coefficient (Wildman–Crippen LogP) is 0.674. The molecule has 0 saturated carbocycles. The fraction of sp³-hybridized carbons (Fsp3) is 0.267. The molecule has 0 aliphatic carbocycles. The van der Waals surface area contributed by atoms with Crippen molar-refractivity contribution in [2.75, 3.05) is 7.11 Å². The van der Waals surface area contributed by atoms with Crippen LogP contribution >= 0.6 is 0 Å². The van der Waals surface area contributed by atoms with E-state index in [1.54, 1.807) is 0 Å². The molecule has 7 nitrogen and oxygen atoms in total. The van der Waals surface area contributed by atoms with Crippen LogP contribution in [0.4, 0.5) is 4.39 Å². The van der Waals surface area contributed by atoms with Crippen LogP contribution in [0.25, 0.3) is 10.9 Å². The van der Waals surface area contributed by atoms with Gasteiger partial charge in [-0.15, -0.1) is 0 Å². The van der Waals surface area contributed by atoms with E-state index in [9.17, 15) is 23.9 Å². The summed E-state index contributed by atoms with van der Waals surface area (Å²) in [4.78, 5) is 35.8. The Morgan fingerprint density at radius 2 is 2.04 bits per heavy atom. The Labute approximate surface area is 130 Å². The standard InChI is InChI=1S/C15H15FN2O5/c1-7(15(22)23-3)17-13(20)11-12(19)9-6-8(16)4-5-10(9)18(2)14(11)21/h4-7,19H,1-3H3,(H,17,20). The van der Waals surface area contributed by atoms with Crippen molar-refractivity contribution in [3.8, 4) is 5.75 Å². The number of halogens is 1. The molecular weight excluding hydrogens is 307 g/mol. The Kier molecular flexibility index (Phi) is 4.35. The molecule has 1 aromatic carbocycles. The van der Waals surface area contributed by atoms with Crippen molar-refractivity contribution in [1.29, 1.82) is 0 Å². The lowest BCUT2D eigenvalue weighted by molar-refractivity contribution is -0.142. The van der Waals surface area contributed by atoms with Gasteiger partial charge in [-0.05, 0) is 25.1 Å². The second kappa shape index (κ2) is 6.07. The number of ether oxygens (including phenoxy) is 1. The molecule has 2 N–H and O–H groups in total. The number of rotatable bonds is 3. The molecule has 122 valence electrons. The molecular formula is C15H15FN2O5. The molecule has 1 amide bonds. The van der Waals surface area contributed by atoms with Gasteiger partial charge in [0.05, 0.1) is 12.6 Å². The normalized spacial score (nSPS) is 12.0. The van der Waals surface area contributed by atoms with E-state index in [0.717, 1.165) is 23.8 Å². The van der Waals surface area contributed by atoms with E-state index < -0.39 is 40.6 Å². The number of nitrogens with one attached hydrogen (secondary N) is 1. The Morgan fingerprint density at radius 1 is 1.39 bits per heavy atom. The minimum atomic E-state index is -1.01. The van der Waals surface area contributed by atoms with Crippen LogP contribution < -0.4 is 10.9 Å². The largest absolute Gasteiger partial charge is 0.506 e. The summed E-state index contributed by atoms with van der Waals surface area (Å²) in [5.74, 6) is -2.92. The minimum absolute atomic E-state index is 0.0166. The average molecular weight is 322 g/mol. The Hall–Kier alpha value is -2.90. The van der Waals surface area contributed by atoms with Gasteiger partial charge < -0.3 is 19.7 Å². The first-order valence-electron chi connectivity index (χ1n) is 6.67. The number of amides is 1. The number of benzene rings is 1. The van der Waals surface area contributed by atoms with Crippen molar-refractivity contribution in [3.05, 3.63) is 39.9 Å². The topological polar surface area (TPSA) is 97.6 Å². The van der Waals surface area contributed by atoms with Crippen molar-refractivity contribution in [2.45, 2.75) is 13.0 Å². The number of nitrogens with zero attached hydrogens (tertiary/aromatic N) is 1. The van der Waals surface area contributed by atoms with E-state index in [2.05, 4.69) is 10.1 Å². The molecule has 2 aromatic rings. The third kappa shape index (κ3) is 2.87. The fourth-order valence-electron chi connectivity index (χ4n) is 2.21. The Morgan fingerprint density at radius 3 is 2.65 bits per heavy atom. The second-order valence-corrected chi connectivity index (χ2v) is 4.97. The Bertz CT molecular complexity index is 859. The molecule has 0 saturated heterocycles. The number of methoxy groups -OCH3 is 1. The number of carbonyl (C=O) groups is 2. The number of aromatic nitrogens is 1. The lowest BCUT2D eigenvalue weighted by Gasteiger charge is -2.14. The molecule has 0 aliphatic rings. The van der Waals surface area contributed by atoms with Crippen molar-refractivity contribution in [2.24, 2.45) is 7.05 Å². The molecule has 0 bridgehead atoms. The van der Waals surface area contributed by atoms with E-state index in [1.165, 1.54) is 20.0 Å². The summed E-state index contributed by atoms with van der Waals surface area (Å²) in [6.45, 7) is 1.37. The fourth-order valence-corrected chi connectivity index (χ4v) is 2.21. The van der Waals surface area contributed by atoms with E-state index in [1.807, 2.05) is 0 Å². The molecule has 23 heavy (non-hydrogen) atoms. The highest BCUT2D eigenvalue weighted by molar-refractivity contribution is 6.03. The van der Waals surface area contributed by atoms with E-state index in [-0.39, 0.29) is 10.9 Å². The maximum Gasteiger partial charge on any atom is 0.328 e. The highest BCUT2D eigenvalue weighted by Gasteiger charge is 2.24. The van der Waals surface area contributed by atoms with Gasteiger partial charge in [0.2, 0.25) is 0 Å². The van der Waals surface area contributed by atoms with Gasteiger partial charge in [-0.3, -0.25) is 9.59 Å². The maximum atomic E-state index is 13.4. The molecule has 2 rings (SSSR count). The number of pyridine rings is 1. The van der Waals surface area contributed by atoms with Crippen LogP contribution in [-0.2, 0) is 16.6 Å². The molecule has 0 aliphatic heterocycles. The minimum Gasteiger partial charge on any atom is -0.506 e. The quantitative estimate of drug-likeness (QED) is 0.810. The SMILES string of the molecule is COC(=O)C(C)NC(=O)c1c(O)c2cc(F)ccc2n(C)c1=O. The van der Waals surface area contributed by atoms with Crippen LogP contribution in [-0.4, -0.2) is 34.7 Å². The molecule has 0 spiro atoms. The van der Waals surface area contributed by atoms with Gasteiger partial charge in [-0.1, -0.05) is 0 Å². The van der Waals surface area contributed by atoms with Crippen LogP contribution in [0, 0.1) is 5.82 Å². The van der Waals surface area contributed by atoms with Crippen molar-refractivity contribution >= 4 is 22.8 Å². The first kappa shape index (κ1) is 16.5. The van der Waals surface area contributed by atoms with Gasteiger partial charge in [-0.25, -0.2) is 9.18 Å². The van der Waals surface area contributed by atoms with Crippen molar-refractivity contribution < 1.29 is 23.8 Å². The van der Waals surface area contributed by atoms with Crippen LogP contribution in [0.3, 0.4) is 0 Å².